The predicted octanol–water partition coefficient (Wildman–Crippen LogP) is 3.09. The second kappa shape index (κ2) is 5.99. The highest BCUT2D eigenvalue weighted by atomic mass is 16.2. The summed E-state index contributed by atoms with van der Waals surface area (Å²) in [5, 5.41) is 11.3. The van der Waals surface area contributed by atoms with Crippen LogP contribution in [0.1, 0.15) is 43.2 Å². The SMILES string of the molecule is CC(C)(C)NC(=O)c1ccc(N2CCCc3ccccc32)nn1. The number of hydrogen-bond donors (Lipinski definition) is 1. The molecular formula is C18H22N4O. The summed E-state index contributed by atoms with van der Waals surface area (Å²) in [5.41, 5.74) is 2.56. The van der Waals surface area contributed by atoms with Crippen molar-refractivity contribution >= 4 is 17.4 Å². The van der Waals surface area contributed by atoms with Gasteiger partial charge in [0.15, 0.2) is 11.5 Å². The van der Waals surface area contributed by atoms with Crippen LogP contribution in [0.3, 0.4) is 0 Å². The molecule has 120 valence electrons. The molecule has 0 spiro atoms. The molecule has 0 fully saturated rings. The molecule has 0 saturated carbocycles. The van der Waals surface area contributed by atoms with Crippen LogP contribution < -0.4 is 10.2 Å². The highest BCUT2D eigenvalue weighted by Gasteiger charge is 2.20. The summed E-state index contributed by atoms with van der Waals surface area (Å²) in [4.78, 5) is 14.3. The first kappa shape index (κ1) is 15.5. The van der Waals surface area contributed by atoms with Gasteiger partial charge in [-0.05, 0) is 57.4 Å². The zero-order chi connectivity index (χ0) is 16.4. The first-order chi connectivity index (χ1) is 10.9. The number of nitrogens with one attached hydrogen (secondary N) is 1. The van der Waals surface area contributed by atoms with Crippen LogP contribution >= 0.6 is 0 Å². The molecule has 1 aliphatic rings. The number of nitrogens with zero attached hydrogens (tertiary/aromatic N) is 3. The number of aromatic nitrogens is 2. The fourth-order valence-electron chi connectivity index (χ4n) is 2.77. The van der Waals surface area contributed by atoms with Crippen molar-refractivity contribution in [2.45, 2.75) is 39.2 Å². The van der Waals surface area contributed by atoms with E-state index in [-0.39, 0.29) is 11.4 Å². The van der Waals surface area contributed by atoms with Gasteiger partial charge in [0.1, 0.15) is 0 Å². The van der Waals surface area contributed by atoms with Crippen LogP contribution in [0.4, 0.5) is 11.5 Å². The Hall–Kier alpha value is -2.43. The van der Waals surface area contributed by atoms with E-state index in [1.165, 1.54) is 11.3 Å². The highest BCUT2D eigenvalue weighted by Crippen LogP contribution is 2.31. The smallest absolute Gasteiger partial charge is 0.272 e. The van der Waals surface area contributed by atoms with Gasteiger partial charge in [0.25, 0.3) is 5.91 Å². The number of carbonyl (C=O) groups excluding carboxylic acids is 1. The van der Waals surface area contributed by atoms with Crippen molar-refractivity contribution in [1.29, 1.82) is 0 Å². The van der Waals surface area contributed by atoms with Gasteiger partial charge in [-0.3, -0.25) is 4.79 Å². The van der Waals surface area contributed by atoms with Crippen molar-refractivity contribution in [2.75, 3.05) is 11.4 Å². The molecule has 1 N–H and O–H groups in total. The van der Waals surface area contributed by atoms with Gasteiger partial charge in [0.2, 0.25) is 0 Å². The lowest BCUT2D eigenvalue weighted by Crippen LogP contribution is -2.41. The number of carbonyl (C=O) groups is 1. The van der Waals surface area contributed by atoms with E-state index in [0.717, 1.165) is 25.2 Å². The van der Waals surface area contributed by atoms with Gasteiger partial charge in [-0.25, -0.2) is 0 Å². The van der Waals surface area contributed by atoms with E-state index in [2.05, 4.69) is 38.6 Å². The topological polar surface area (TPSA) is 58.1 Å². The maximum Gasteiger partial charge on any atom is 0.272 e. The summed E-state index contributed by atoms with van der Waals surface area (Å²) in [6.07, 6.45) is 2.18. The lowest BCUT2D eigenvalue weighted by molar-refractivity contribution is 0.0913. The summed E-state index contributed by atoms with van der Waals surface area (Å²) in [5.74, 6) is 0.583. The maximum absolute atomic E-state index is 12.1. The van der Waals surface area contributed by atoms with Crippen LogP contribution in [0.2, 0.25) is 0 Å². The second-order valence-electron chi connectivity index (χ2n) is 6.86. The summed E-state index contributed by atoms with van der Waals surface area (Å²) < 4.78 is 0. The lowest BCUT2D eigenvalue weighted by Gasteiger charge is -2.30. The molecule has 5 heteroatoms. The summed E-state index contributed by atoms with van der Waals surface area (Å²) in [6, 6.07) is 12.0. The molecule has 1 aromatic heterocycles. The Bertz CT molecular complexity index is 704. The normalized spacial score (nSPS) is 14.3. The Labute approximate surface area is 136 Å². The van der Waals surface area contributed by atoms with Gasteiger partial charge in [0.05, 0.1) is 0 Å². The number of hydrogen-bond acceptors (Lipinski definition) is 4. The van der Waals surface area contributed by atoms with E-state index >= 15 is 0 Å². The van der Waals surface area contributed by atoms with Crippen LogP contribution in [0, 0.1) is 0 Å². The van der Waals surface area contributed by atoms with E-state index in [1.54, 1.807) is 6.07 Å². The number of fused-ring (bicyclic) bond motifs is 1. The van der Waals surface area contributed by atoms with Gasteiger partial charge in [-0.1, -0.05) is 18.2 Å². The number of anilines is 2. The van der Waals surface area contributed by atoms with E-state index in [0.29, 0.717) is 5.69 Å². The molecule has 1 amide bonds. The molecule has 3 rings (SSSR count). The molecule has 5 nitrogen and oxygen atoms in total. The van der Waals surface area contributed by atoms with Crippen LogP contribution in [-0.4, -0.2) is 28.2 Å². The van der Waals surface area contributed by atoms with Crippen molar-refractivity contribution in [2.24, 2.45) is 0 Å². The Morgan fingerprint density at radius 2 is 1.91 bits per heavy atom. The van der Waals surface area contributed by atoms with Gasteiger partial charge < -0.3 is 10.2 Å². The minimum Gasteiger partial charge on any atom is -0.346 e. The van der Waals surface area contributed by atoms with Crippen molar-refractivity contribution < 1.29 is 4.79 Å². The third-order valence-corrected chi connectivity index (χ3v) is 3.76. The average molecular weight is 310 g/mol. The van der Waals surface area contributed by atoms with Crippen molar-refractivity contribution in [3.63, 3.8) is 0 Å². The number of aryl methyl sites for hydroxylation is 1. The van der Waals surface area contributed by atoms with Crippen LogP contribution in [0.25, 0.3) is 0 Å². The number of para-hydroxylation sites is 1. The molecule has 0 unspecified atom stereocenters. The van der Waals surface area contributed by atoms with Crippen molar-refractivity contribution in [3.8, 4) is 0 Å². The van der Waals surface area contributed by atoms with Gasteiger partial charge >= 0.3 is 0 Å². The molecular weight excluding hydrogens is 288 g/mol. The van der Waals surface area contributed by atoms with Crippen molar-refractivity contribution in [3.05, 3.63) is 47.7 Å². The van der Waals surface area contributed by atoms with E-state index < -0.39 is 0 Å². The fraction of sp³-hybridized carbons (Fsp3) is 0.389. The average Bonchev–Trinajstić information content (AvgIpc) is 2.53. The van der Waals surface area contributed by atoms with Crippen LogP contribution in [-0.2, 0) is 6.42 Å². The number of amides is 1. The molecule has 0 radical (unpaired) electrons. The van der Waals surface area contributed by atoms with Gasteiger partial charge in [0, 0.05) is 17.8 Å². The van der Waals surface area contributed by atoms with Crippen molar-refractivity contribution in [1.82, 2.24) is 15.5 Å². The molecule has 1 aromatic carbocycles. The maximum atomic E-state index is 12.1. The third-order valence-electron chi connectivity index (χ3n) is 3.76. The first-order valence-electron chi connectivity index (χ1n) is 7.96. The summed E-state index contributed by atoms with van der Waals surface area (Å²) in [6.45, 7) is 6.74. The molecule has 0 atom stereocenters. The zero-order valence-electron chi connectivity index (χ0n) is 13.8. The Morgan fingerprint density at radius 1 is 1.13 bits per heavy atom. The zero-order valence-corrected chi connectivity index (χ0v) is 13.8. The van der Waals surface area contributed by atoms with E-state index in [9.17, 15) is 4.79 Å². The number of benzene rings is 1. The molecule has 0 aliphatic carbocycles. The Kier molecular flexibility index (Phi) is 4.03. The quantitative estimate of drug-likeness (QED) is 0.926. The summed E-state index contributed by atoms with van der Waals surface area (Å²) >= 11 is 0. The summed E-state index contributed by atoms with van der Waals surface area (Å²) in [7, 11) is 0. The molecule has 0 saturated heterocycles. The largest absolute Gasteiger partial charge is 0.346 e. The second-order valence-corrected chi connectivity index (χ2v) is 6.86. The van der Waals surface area contributed by atoms with Gasteiger partial charge in [-0.15, -0.1) is 10.2 Å². The highest BCUT2D eigenvalue weighted by molar-refractivity contribution is 5.92. The lowest BCUT2D eigenvalue weighted by atomic mass is 10.0. The molecule has 2 aromatic rings. The van der Waals surface area contributed by atoms with Gasteiger partial charge in [-0.2, -0.15) is 0 Å². The Balaban J connectivity index is 1.82. The first-order valence-corrected chi connectivity index (χ1v) is 7.96. The van der Waals surface area contributed by atoms with Crippen LogP contribution in [0.5, 0.6) is 0 Å². The predicted molar refractivity (Wildman–Crippen MR) is 91.0 cm³/mol. The molecule has 1 aliphatic heterocycles. The van der Waals surface area contributed by atoms with E-state index in [1.807, 2.05) is 32.9 Å². The third kappa shape index (κ3) is 3.50. The monoisotopic (exact) mass is 310 g/mol. The molecule has 0 bridgehead atoms. The van der Waals surface area contributed by atoms with Crippen LogP contribution in [0.15, 0.2) is 36.4 Å². The molecule has 2 heterocycles. The minimum absolute atomic E-state index is 0.199. The molecule has 23 heavy (non-hydrogen) atoms. The number of rotatable bonds is 2. The van der Waals surface area contributed by atoms with E-state index in [4.69, 9.17) is 0 Å². The standard InChI is InChI=1S/C18H22N4O/c1-18(2,3)19-17(23)14-10-11-16(21-20-14)22-12-6-8-13-7-4-5-9-15(13)22/h4-5,7,9-11H,6,8,12H2,1-3H3,(H,19,23). The Morgan fingerprint density at radius 3 is 2.61 bits per heavy atom. The minimum atomic E-state index is -0.288. The fourth-order valence-corrected chi connectivity index (χ4v) is 2.77.